The summed E-state index contributed by atoms with van der Waals surface area (Å²) in [6, 6.07) is 22.7. The van der Waals surface area contributed by atoms with Gasteiger partial charge in [0.1, 0.15) is 5.82 Å². The van der Waals surface area contributed by atoms with Crippen LogP contribution >= 0.6 is 0 Å². The largest absolute Gasteiger partial charge is 0.504 e. The van der Waals surface area contributed by atoms with Crippen LogP contribution in [0.15, 0.2) is 72.8 Å². The average molecular weight is 430 g/mol. The third kappa shape index (κ3) is 4.30. The number of phenols is 1. The Balaban J connectivity index is 1.75. The molecule has 0 radical (unpaired) electrons. The summed E-state index contributed by atoms with van der Waals surface area (Å²) in [6.07, 6.45) is 0. The van der Waals surface area contributed by atoms with Crippen molar-refractivity contribution in [1.29, 1.82) is 0 Å². The monoisotopic (exact) mass is 429 g/mol. The highest BCUT2D eigenvalue weighted by Crippen LogP contribution is 2.28. The van der Waals surface area contributed by atoms with Gasteiger partial charge in [-0.3, -0.25) is 9.36 Å². The molecule has 4 aromatic rings. The van der Waals surface area contributed by atoms with Crippen LogP contribution in [-0.4, -0.2) is 39.1 Å². The van der Waals surface area contributed by atoms with Crippen LogP contribution in [0.4, 0.5) is 0 Å². The van der Waals surface area contributed by atoms with E-state index in [-0.39, 0.29) is 17.6 Å². The number of methoxy groups -OCH3 is 1. The fourth-order valence-electron chi connectivity index (χ4n) is 3.88. The first-order chi connectivity index (χ1) is 15.5. The van der Waals surface area contributed by atoms with E-state index in [4.69, 9.17) is 9.72 Å². The number of aromatic nitrogens is 2. The smallest absolute Gasteiger partial charge is 0.254 e. The van der Waals surface area contributed by atoms with Crippen molar-refractivity contribution < 1.29 is 14.6 Å². The third-order valence-corrected chi connectivity index (χ3v) is 5.28. The molecule has 32 heavy (non-hydrogen) atoms. The van der Waals surface area contributed by atoms with Crippen molar-refractivity contribution in [2.45, 2.75) is 20.4 Å². The summed E-state index contributed by atoms with van der Waals surface area (Å²) in [5, 5.41) is 10.2. The minimum atomic E-state index is -0.164. The molecule has 0 atom stereocenters. The highest BCUT2D eigenvalue weighted by molar-refractivity contribution is 5.95. The summed E-state index contributed by atoms with van der Waals surface area (Å²) in [4.78, 5) is 20.1. The molecule has 6 nitrogen and oxygen atoms in total. The molecular formula is C26H27N3O3. The van der Waals surface area contributed by atoms with Crippen molar-refractivity contribution in [3.63, 3.8) is 0 Å². The number of amides is 1. The van der Waals surface area contributed by atoms with Crippen LogP contribution in [0.5, 0.6) is 11.5 Å². The number of para-hydroxylation sites is 3. The molecule has 0 spiro atoms. The summed E-state index contributed by atoms with van der Waals surface area (Å²) < 4.78 is 7.21. The molecule has 6 heteroatoms. The predicted molar refractivity (Wildman–Crippen MR) is 125 cm³/mol. The van der Waals surface area contributed by atoms with Crippen LogP contribution in [0.3, 0.4) is 0 Å². The van der Waals surface area contributed by atoms with Gasteiger partial charge in [-0.25, -0.2) is 4.98 Å². The van der Waals surface area contributed by atoms with Gasteiger partial charge in [0.05, 0.1) is 24.7 Å². The number of fused-ring (bicyclic) bond motifs is 1. The lowest BCUT2D eigenvalue weighted by Gasteiger charge is -2.25. The van der Waals surface area contributed by atoms with Crippen molar-refractivity contribution in [3.8, 4) is 17.2 Å². The number of ether oxygens (including phenoxy) is 1. The average Bonchev–Trinajstić information content (AvgIpc) is 3.16. The lowest BCUT2D eigenvalue weighted by Crippen LogP contribution is -2.34. The fraction of sp³-hybridized carbons (Fsp3) is 0.231. The molecule has 0 aliphatic heterocycles. The molecule has 0 aliphatic carbocycles. The van der Waals surface area contributed by atoms with Gasteiger partial charge in [0.2, 0.25) is 0 Å². The van der Waals surface area contributed by atoms with Gasteiger partial charge < -0.3 is 14.7 Å². The Kier molecular flexibility index (Phi) is 6.12. The molecule has 1 heterocycles. The van der Waals surface area contributed by atoms with Crippen molar-refractivity contribution in [2.75, 3.05) is 13.7 Å². The van der Waals surface area contributed by atoms with E-state index < -0.39 is 0 Å². The number of phenolic OH excluding ortho intramolecular Hbond substituents is 1. The molecule has 0 aliphatic rings. The molecule has 0 saturated heterocycles. The molecule has 0 fully saturated rings. The van der Waals surface area contributed by atoms with Crippen LogP contribution in [0.2, 0.25) is 0 Å². The molecule has 0 unspecified atom stereocenters. The molecule has 1 aromatic heterocycles. The quantitative estimate of drug-likeness (QED) is 0.447. The molecule has 164 valence electrons. The Morgan fingerprint density at radius 3 is 2.47 bits per heavy atom. The Morgan fingerprint density at radius 2 is 1.78 bits per heavy atom. The van der Waals surface area contributed by atoms with Gasteiger partial charge in [0.15, 0.2) is 11.5 Å². The van der Waals surface area contributed by atoms with Crippen molar-refractivity contribution >= 4 is 16.9 Å². The number of benzene rings is 3. The minimum Gasteiger partial charge on any atom is -0.504 e. The second kappa shape index (κ2) is 9.14. The normalized spacial score (nSPS) is 11.1. The van der Waals surface area contributed by atoms with Gasteiger partial charge in [0.25, 0.3) is 5.91 Å². The zero-order chi connectivity index (χ0) is 22.7. The molecular weight excluding hydrogens is 402 g/mol. The first-order valence-electron chi connectivity index (χ1n) is 10.7. The van der Waals surface area contributed by atoms with Crippen LogP contribution in [0.1, 0.15) is 30.0 Å². The number of carbonyl (C=O) groups is 1. The van der Waals surface area contributed by atoms with E-state index in [1.54, 1.807) is 17.0 Å². The van der Waals surface area contributed by atoms with E-state index in [1.165, 1.54) is 13.2 Å². The van der Waals surface area contributed by atoms with Crippen LogP contribution in [-0.2, 0) is 6.54 Å². The minimum absolute atomic E-state index is 0.0561. The highest BCUT2D eigenvalue weighted by atomic mass is 16.5. The number of carbonyl (C=O) groups excluding carboxylic acids is 1. The van der Waals surface area contributed by atoms with Gasteiger partial charge in [-0.15, -0.1) is 0 Å². The predicted octanol–water partition coefficient (Wildman–Crippen LogP) is 5.04. The number of aromatic hydroxyl groups is 1. The van der Waals surface area contributed by atoms with Crippen LogP contribution < -0.4 is 4.74 Å². The SMILES string of the molecule is COc1ccc(C(=O)N(Cc2nc3ccccc3n2-c2ccccc2)CC(C)C)cc1O. The molecule has 0 saturated carbocycles. The standard InChI is InChI=1S/C26H27N3O3/c1-18(2)16-28(26(31)19-13-14-24(32-3)23(30)15-19)17-25-27-21-11-7-8-12-22(21)29(25)20-9-5-4-6-10-20/h4-15,18,30H,16-17H2,1-3H3. The second-order valence-electron chi connectivity index (χ2n) is 8.15. The van der Waals surface area contributed by atoms with E-state index in [0.29, 0.717) is 24.4 Å². The van der Waals surface area contributed by atoms with Gasteiger partial charge in [-0.2, -0.15) is 0 Å². The number of rotatable bonds is 7. The summed E-state index contributed by atoms with van der Waals surface area (Å²) >= 11 is 0. The van der Waals surface area contributed by atoms with E-state index in [9.17, 15) is 9.90 Å². The van der Waals surface area contributed by atoms with Crippen LogP contribution in [0.25, 0.3) is 16.7 Å². The van der Waals surface area contributed by atoms with E-state index >= 15 is 0 Å². The summed E-state index contributed by atoms with van der Waals surface area (Å²) in [7, 11) is 1.48. The van der Waals surface area contributed by atoms with E-state index in [0.717, 1.165) is 22.5 Å². The van der Waals surface area contributed by atoms with E-state index in [2.05, 4.69) is 18.4 Å². The molecule has 1 N–H and O–H groups in total. The zero-order valence-corrected chi connectivity index (χ0v) is 18.5. The lowest BCUT2D eigenvalue weighted by molar-refractivity contribution is 0.0717. The topological polar surface area (TPSA) is 67.6 Å². The Hall–Kier alpha value is -3.80. The zero-order valence-electron chi connectivity index (χ0n) is 18.5. The van der Waals surface area contributed by atoms with Crippen LogP contribution in [0, 0.1) is 5.92 Å². The maximum atomic E-state index is 13.4. The van der Waals surface area contributed by atoms with Crippen molar-refractivity contribution in [3.05, 3.63) is 84.2 Å². The second-order valence-corrected chi connectivity index (χ2v) is 8.15. The van der Waals surface area contributed by atoms with Gasteiger partial charge >= 0.3 is 0 Å². The maximum Gasteiger partial charge on any atom is 0.254 e. The number of hydrogen-bond acceptors (Lipinski definition) is 4. The van der Waals surface area contributed by atoms with Crippen molar-refractivity contribution in [1.82, 2.24) is 14.5 Å². The van der Waals surface area contributed by atoms with E-state index in [1.807, 2.05) is 54.6 Å². The first-order valence-corrected chi connectivity index (χ1v) is 10.7. The number of nitrogens with zero attached hydrogens (tertiary/aromatic N) is 3. The fourth-order valence-corrected chi connectivity index (χ4v) is 3.88. The lowest BCUT2D eigenvalue weighted by atomic mass is 10.1. The molecule has 3 aromatic carbocycles. The van der Waals surface area contributed by atoms with Crippen molar-refractivity contribution in [2.24, 2.45) is 5.92 Å². The number of hydrogen-bond donors (Lipinski definition) is 1. The van der Waals surface area contributed by atoms with Gasteiger partial charge in [0, 0.05) is 17.8 Å². The third-order valence-electron chi connectivity index (χ3n) is 5.28. The summed E-state index contributed by atoms with van der Waals surface area (Å²) in [6.45, 7) is 5.05. The highest BCUT2D eigenvalue weighted by Gasteiger charge is 2.22. The number of imidazole rings is 1. The molecule has 0 bridgehead atoms. The van der Waals surface area contributed by atoms with Gasteiger partial charge in [-0.1, -0.05) is 44.2 Å². The van der Waals surface area contributed by atoms with Gasteiger partial charge in [-0.05, 0) is 48.4 Å². The summed E-state index contributed by atoms with van der Waals surface area (Å²) in [5.41, 5.74) is 3.28. The Bertz CT molecular complexity index is 1230. The Labute approximate surface area is 187 Å². The molecule has 1 amide bonds. The summed E-state index contributed by atoms with van der Waals surface area (Å²) in [5.74, 6) is 1.16. The molecule has 4 rings (SSSR count). The maximum absolute atomic E-state index is 13.4. The Morgan fingerprint density at radius 1 is 1.06 bits per heavy atom. The first kappa shape index (κ1) is 21.4.